The molecule has 0 spiro atoms. The fourth-order valence-corrected chi connectivity index (χ4v) is 2.92. The highest BCUT2D eigenvalue weighted by molar-refractivity contribution is 6.30. The third kappa shape index (κ3) is 5.36. The van der Waals surface area contributed by atoms with Gasteiger partial charge in [-0.3, -0.25) is 9.78 Å². The van der Waals surface area contributed by atoms with Crippen molar-refractivity contribution in [1.82, 2.24) is 4.98 Å². The van der Waals surface area contributed by atoms with Gasteiger partial charge in [0.25, 0.3) is 5.91 Å². The van der Waals surface area contributed by atoms with Crippen LogP contribution in [0.15, 0.2) is 72.9 Å². The van der Waals surface area contributed by atoms with E-state index < -0.39 is 0 Å². The summed E-state index contributed by atoms with van der Waals surface area (Å²) in [5.74, 6) is 1.14. The van der Waals surface area contributed by atoms with E-state index in [-0.39, 0.29) is 5.91 Å². The van der Waals surface area contributed by atoms with Gasteiger partial charge in [0, 0.05) is 28.5 Å². The van der Waals surface area contributed by atoms with Gasteiger partial charge in [0.05, 0.1) is 26.5 Å². The largest absolute Gasteiger partial charge is 0.497 e. The van der Waals surface area contributed by atoms with Gasteiger partial charge in [-0.25, -0.2) is 0 Å². The average molecular weight is 409 g/mol. The highest BCUT2D eigenvalue weighted by Crippen LogP contribution is 2.26. The number of aromatic nitrogens is 1. The molecule has 0 fully saturated rings. The Labute approximate surface area is 175 Å². The first-order chi connectivity index (χ1) is 14.1. The van der Waals surface area contributed by atoms with Crippen LogP contribution in [0.2, 0.25) is 5.02 Å². The molecule has 0 saturated heterocycles. The standard InChI is InChI=1S/C23H21ClN2O3/c1-28-21-11-12-22(29-2)17(15-21)6-13-23(27)26(16-19-5-3-4-14-25-19)20-9-7-18(24)8-10-20/h3-15H,16H2,1-2H3/b13-6+. The van der Waals surface area contributed by atoms with Gasteiger partial charge < -0.3 is 14.4 Å². The molecule has 0 radical (unpaired) electrons. The average Bonchev–Trinajstić information content (AvgIpc) is 2.77. The van der Waals surface area contributed by atoms with Gasteiger partial charge >= 0.3 is 0 Å². The quantitative estimate of drug-likeness (QED) is 0.516. The van der Waals surface area contributed by atoms with Crippen molar-refractivity contribution in [2.45, 2.75) is 6.54 Å². The normalized spacial score (nSPS) is 10.7. The molecule has 1 aromatic heterocycles. The number of amides is 1. The molecule has 5 nitrogen and oxygen atoms in total. The van der Waals surface area contributed by atoms with Crippen molar-refractivity contribution in [3.63, 3.8) is 0 Å². The molecule has 0 N–H and O–H groups in total. The van der Waals surface area contributed by atoms with E-state index in [0.717, 1.165) is 16.9 Å². The number of benzene rings is 2. The topological polar surface area (TPSA) is 51.7 Å². The lowest BCUT2D eigenvalue weighted by molar-refractivity contribution is -0.114. The summed E-state index contributed by atoms with van der Waals surface area (Å²) in [5, 5.41) is 0.607. The van der Waals surface area contributed by atoms with Gasteiger partial charge in [0.2, 0.25) is 0 Å². The SMILES string of the molecule is COc1ccc(OC)c(/C=C/C(=O)N(Cc2ccccn2)c2ccc(Cl)cc2)c1. The van der Waals surface area contributed by atoms with Crippen LogP contribution >= 0.6 is 11.6 Å². The second-order valence-corrected chi connectivity index (χ2v) is 6.60. The lowest BCUT2D eigenvalue weighted by atomic mass is 10.1. The van der Waals surface area contributed by atoms with Gasteiger partial charge in [0.1, 0.15) is 11.5 Å². The zero-order valence-electron chi connectivity index (χ0n) is 16.2. The van der Waals surface area contributed by atoms with Crippen molar-refractivity contribution >= 4 is 29.3 Å². The third-order valence-electron chi connectivity index (χ3n) is 4.29. The number of halogens is 1. The van der Waals surface area contributed by atoms with Crippen LogP contribution in [-0.4, -0.2) is 25.1 Å². The van der Waals surface area contributed by atoms with Crippen LogP contribution in [0, 0.1) is 0 Å². The van der Waals surface area contributed by atoms with Crippen LogP contribution in [-0.2, 0) is 11.3 Å². The minimum absolute atomic E-state index is 0.192. The molecule has 0 unspecified atom stereocenters. The molecule has 2 aromatic carbocycles. The van der Waals surface area contributed by atoms with Crippen LogP contribution < -0.4 is 14.4 Å². The molecule has 6 heteroatoms. The summed E-state index contributed by atoms with van der Waals surface area (Å²) in [6, 6.07) is 18.2. The predicted molar refractivity (Wildman–Crippen MR) is 115 cm³/mol. The molecule has 148 valence electrons. The maximum atomic E-state index is 13.1. The first kappa shape index (κ1) is 20.4. The Bertz CT molecular complexity index is 989. The summed E-state index contributed by atoms with van der Waals surface area (Å²) in [6.45, 7) is 0.334. The second-order valence-electron chi connectivity index (χ2n) is 6.16. The van der Waals surface area contributed by atoms with Crippen molar-refractivity contribution in [2.75, 3.05) is 19.1 Å². The highest BCUT2D eigenvalue weighted by atomic mass is 35.5. The summed E-state index contributed by atoms with van der Waals surface area (Å²) in [6.07, 6.45) is 4.93. The molecule has 3 rings (SSSR count). The molecular weight excluding hydrogens is 388 g/mol. The molecule has 0 bridgehead atoms. The maximum Gasteiger partial charge on any atom is 0.251 e. The molecule has 3 aromatic rings. The number of carbonyl (C=O) groups is 1. The molecule has 0 aliphatic rings. The molecular formula is C23H21ClN2O3. The first-order valence-electron chi connectivity index (χ1n) is 8.98. The fourth-order valence-electron chi connectivity index (χ4n) is 2.79. The molecule has 0 aliphatic heterocycles. The number of hydrogen-bond acceptors (Lipinski definition) is 4. The van der Waals surface area contributed by atoms with E-state index in [4.69, 9.17) is 21.1 Å². The minimum Gasteiger partial charge on any atom is -0.497 e. The Kier molecular flexibility index (Phi) is 6.87. The highest BCUT2D eigenvalue weighted by Gasteiger charge is 2.15. The number of carbonyl (C=O) groups excluding carboxylic acids is 1. The number of anilines is 1. The monoisotopic (exact) mass is 408 g/mol. The van der Waals surface area contributed by atoms with Crippen molar-refractivity contribution in [3.8, 4) is 11.5 Å². The molecule has 1 heterocycles. The zero-order valence-corrected chi connectivity index (χ0v) is 17.0. The van der Waals surface area contributed by atoms with E-state index in [1.54, 1.807) is 55.7 Å². The Morgan fingerprint density at radius 2 is 1.86 bits per heavy atom. The number of ether oxygens (including phenoxy) is 2. The number of nitrogens with zero attached hydrogens (tertiary/aromatic N) is 2. The zero-order chi connectivity index (χ0) is 20.6. The van der Waals surface area contributed by atoms with Crippen LogP contribution in [0.5, 0.6) is 11.5 Å². The van der Waals surface area contributed by atoms with E-state index in [9.17, 15) is 4.79 Å². The third-order valence-corrected chi connectivity index (χ3v) is 4.54. The summed E-state index contributed by atoms with van der Waals surface area (Å²) in [7, 11) is 3.18. The van der Waals surface area contributed by atoms with Gasteiger partial charge in [-0.15, -0.1) is 0 Å². The second kappa shape index (κ2) is 9.75. The Balaban J connectivity index is 1.90. The van der Waals surface area contributed by atoms with Gasteiger partial charge in [-0.1, -0.05) is 17.7 Å². The lowest BCUT2D eigenvalue weighted by Crippen LogP contribution is -2.29. The van der Waals surface area contributed by atoms with Crippen LogP contribution in [0.25, 0.3) is 6.08 Å². The summed E-state index contributed by atoms with van der Waals surface area (Å²) in [4.78, 5) is 19.0. The number of methoxy groups -OCH3 is 2. The van der Waals surface area contributed by atoms with Crippen LogP contribution in [0.3, 0.4) is 0 Å². The summed E-state index contributed by atoms with van der Waals surface area (Å²) >= 11 is 6.00. The number of pyridine rings is 1. The molecule has 1 amide bonds. The van der Waals surface area contributed by atoms with Crippen molar-refractivity contribution in [3.05, 3.63) is 89.2 Å². The Morgan fingerprint density at radius 1 is 1.07 bits per heavy atom. The van der Waals surface area contributed by atoms with Gasteiger partial charge in [-0.2, -0.15) is 0 Å². The smallest absolute Gasteiger partial charge is 0.251 e. The molecule has 0 aliphatic carbocycles. The van der Waals surface area contributed by atoms with Crippen LogP contribution in [0.4, 0.5) is 5.69 Å². The Morgan fingerprint density at radius 3 is 2.52 bits per heavy atom. The van der Waals surface area contributed by atoms with E-state index in [1.807, 2.05) is 36.4 Å². The predicted octanol–water partition coefficient (Wildman–Crippen LogP) is 5.00. The lowest BCUT2D eigenvalue weighted by Gasteiger charge is -2.21. The fraction of sp³-hybridized carbons (Fsp3) is 0.130. The molecule has 0 saturated carbocycles. The summed E-state index contributed by atoms with van der Waals surface area (Å²) < 4.78 is 10.6. The van der Waals surface area contributed by atoms with Crippen molar-refractivity contribution < 1.29 is 14.3 Å². The maximum absolute atomic E-state index is 13.1. The van der Waals surface area contributed by atoms with Gasteiger partial charge in [0.15, 0.2) is 0 Å². The van der Waals surface area contributed by atoms with E-state index in [2.05, 4.69) is 4.98 Å². The van der Waals surface area contributed by atoms with E-state index >= 15 is 0 Å². The first-order valence-corrected chi connectivity index (χ1v) is 9.35. The minimum atomic E-state index is -0.192. The van der Waals surface area contributed by atoms with E-state index in [1.165, 1.54) is 6.08 Å². The van der Waals surface area contributed by atoms with Crippen LogP contribution in [0.1, 0.15) is 11.3 Å². The Hall–Kier alpha value is -3.31. The van der Waals surface area contributed by atoms with Gasteiger partial charge in [-0.05, 0) is 60.7 Å². The van der Waals surface area contributed by atoms with E-state index in [0.29, 0.717) is 23.1 Å². The summed E-state index contributed by atoms with van der Waals surface area (Å²) in [5.41, 5.74) is 2.25. The van der Waals surface area contributed by atoms with Crippen molar-refractivity contribution in [2.24, 2.45) is 0 Å². The number of hydrogen-bond donors (Lipinski definition) is 0. The number of rotatable bonds is 7. The molecule has 0 atom stereocenters. The molecule has 29 heavy (non-hydrogen) atoms. The van der Waals surface area contributed by atoms with Crippen molar-refractivity contribution in [1.29, 1.82) is 0 Å².